The Balaban J connectivity index is 1.60. The van der Waals surface area contributed by atoms with E-state index in [2.05, 4.69) is 129 Å². The molecule has 0 saturated carbocycles. The van der Waals surface area contributed by atoms with Crippen LogP contribution in [0.25, 0.3) is 22.5 Å². The number of anilines is 3. The second-order valence-electron chi connectivity index (χ2n) is 9.10. The summed E-state index contributed by atoms with van der Waals surface area (Å²) in [5.74, 6) is 0. The van der Waals surface area contributed by atoms with Crippen molar-refractivity contribution in [3.8, 4) is 22.5 Å². The number of hydrogen-bond acceptors (Lipinski definition) is 1. The molecule has 4 heteroatoms. The molecule has 0 aliphatic carbocycles. The Morgan fingerprint density at radius 2 is 1.21 bits per heavy atom. The van der Waals surface area contributed by atoms with Crippen LogP contribution in [0.3, 0.4) is 0 Å². The van der Waals surface area contributed by atoms with Gasteiger partial charge in [0.1, 0.15) is 0 Å². The van der Waals surface area contributed by atoms with Crippen molar-refractivity contribution >= 4 is 35.1 Å². The SMILES string of the molecule is c1ccc(N2c3cccc4c3[PH]3(C[n+]5ccccc5-4)c4c(cccc42)-c2cccc[n+]23)cc1. The molecule has 0 radical (unpaired) electrons. The van der Waals surface area contributed by atoms with Gasteiger partial charge < -0.3 is 0 Å². The zero-order valence-corrected chi connectivity index (χ0v) is 19.0. The minimum atomic E-state index is -2.35. The number of aromatic nitrogens is 2. The van der Waals surface area contributed by atoms with Crippen LogP contribution in [0.5, 0.6) is 0 Å². The van der Waals surface area contributed by atoms with Crippen molar-refractivity contribution in [3.05, 3.63) is 116 Å². The van der Waals surface area contributed by atoms with E-state index in [4.69, 9.17) is 0 Å². The molecule has 3 nitrogen and oxygen atoms in total. The molecular formula is C29H22N3P+2. The quantitative estimate of drug-likeness (QED) is 0.267. The molecule has 2 aromatic heterocycles. The molecule has 3 aromatic carbocycles. The van der Waals surface area contributed by atoms with E-state index in [1.807, 2.05) is 0 Å². The summed E-state index contributed by atoms with van der Waals surface area (Å²) in [6, 6.07) is 37.9. The van der Waals surface area contributed by atoms with Crippen molar-refractivity contribution in [2.45, 2.75) is 6.29 Å². The van der Waals surface area contributed by atoms with Gasteiger partial charge in [-0.15, -0.1) is 0 Å². The summed E-state index contributed by atoms with van der Waals surface area (Å²) >= 11 is 0. The van der Waals surface area contributed by atoms with Crippen LogP contribution in [0.15, 0.2) is 116 Å². The molecule has 5 heterocycles. The number of nitrogens with zero attached hydrogens (tertiary/aromatic N) is 3. The van der Waals surface area contributed by atoms with Gasteiger partial charge in [0.15, 0.2) is 0 Å². The predicted octanol–water partition coefficient (Wildman–Crippen LogP) is 4.83. The summed E-state index contributed by atoms with van der Waals surface area (Å²) in [6.07, 6.45) is 5.61. The first-order valence-corrected chi connectivity index (χ1v) is 13.7. The predicted molar refractivity (Wildman–Crippen MR) is 135 cm³/mol. The van der Waals surface area contributed by atoms with Crippen molar-refractivity contribution in [2.24, 2.45) is 0 Å². The molecule has 156 valence electrons. The van der Waals surface area contributed by atoms with Gasteiger partial charge in [0.2, 0.25) is 0 Å². The van der Waals surface area contributed by atoms with Crippen LogP contribution in [0.2, 0.25) is 0 Å². The van der Waals surface area contributed by atoms with Crippen LogP contribution >= 0.6 is 7.41 Å². The number of benzene rings is 3. The van der Waals surface area contributed by atoms with E-state index in [0.717, 1.165) is 6.29 Å². The molecule has 3 aliphatic heterocycles. The Labute approximate surface area is 193 Å². The number of hydrogen-bond donors (Lipinski definition) is 0. The zero-order valence-electron chi connectivity index (χ0n) is 18.0. The summed E-state index contributed by atoms with van der Waals surface area (Å²) in [5, 5.41) is 3.08. The molecular weight excluding hydrogens is 421 g/mol. The summed E-state index contributed by atoms with van der Waals surface area (Å²) in [7, 11) is -2.35. The molecule has 0 unspecified atom stereocenters. The fourth-order valence-corrected chi connectivity index (χ4v) is 11.9. The van der Waals surface area contributed by atoms with E-state index < -0.39 is 7.41 Å². The van der Waals surface area contributed by atoms with Crippen molar-refractivity contribution < 1.29 is 8.90 Å². The molecule has 0 amide bonds. The van der Waals surface area contributed by atoms with Gasteiger partial charge in [-0.05, 0) is 0 Å². The molecule has 3 aliphatic rings. The van der Waals surface area contributed by atoms with Crippen LogP contribution in [0, 0.1) is 0 Å². The van der Waals surface area contributed by atoms with Gasteiger partial charge in [0, 0.05) is 0 Å². The second kappa shape index (κ2) is 6.15. The van der Waals surface area contributed by atoms with E-state index in [1.165, 1.54) is 44.9 Å². The monoisotopic (exact) mass is 443 g/mol. The topological polar surface area (TPSA) is 11.0 Å². The van der Waals surface area contributed by atoms with Gasteiger partial charge in [-0.25, -0.2) is 0 Å². The Morgan fingerprint density at radius 3 is 1.97 bits per heavy atom. The van der Waals surface area contributed by atoms with Crippen LogP contribution in [-0.4, -0.2) is 0 Å². The molecule has 0 fully saturated rings. The summed E-state index contributed by atoms with van der Waals surface area (Å²) in [6.45, 7) is 0. The first kappa shape index (κ1) is 17.7. The van der Waals surface area contributed by atoms with Gasteiger partial charge in [0.05, 0.1) is 0 Å². The van der Waals surface area contributed by atoms with Crippen LogP contribution < -0.4 is 24.4 Å². The third kappa shape index (κ3) is 2.05. The van der Waals surface area contributed by atoms with Crippen LogP contribution in [-0.2, 0) is 6.29 Å². The molecule has 33 heavy (non-hydrogen) atoms. The van der Waals surface area contributed by atoms with E-state index in [9.17, 15) is 0 Å². The number of rotatable bonds is 1. The Hall–Kier alpha value is -3.81. The van der Waals surface area contributed by atoms with E-state index >= 15 is 0 Å². The molecule has 0 N–H and O–H groups in total. The number of fused-ring (bicyclic) bond motifs is 4. The Kier molecular flexibility index (Phi) is 3.30. The average molecular weight is 443 g/mol. The maximum absolute atomic E-state index is 2.66. The van der Waals surface area contributed by atoms with Crippen LogP contribution in [0.4, 0.5) is 17.1 Å². The average Bonchev–Trinajstić information content (AvgIpc) is 3.16. The fourth-order valence-electron chi connectivity index (χ4n) is 6.44. The van der Waals surface area contributed by atoms with E-state index in [0.29, 0.717) is 0 Å². The zero-order chi connectivity index (χ0) is 21.6. The molecule has 8 rings (SSSR count). The van der Waals surface area contributed by atoms with Crippen molar-refractivity contribution in [1.82, 2.24) is 0 Å². The number of para-hydroxylation sites is 1. The number of pyridine rings is 2. The summed E-state index contributed by atoms with van der Waals surface area (Å²) in [5.41, 5.74) is 9.29. The third-order valence-corrected chi connectivity index (χ3v) is 12.3. The third-order valence-electron chi connectivity index (χ3n) is 7.57. The second-order valence-corrected chi connectivity index (χ2v) is 12.6. The van der Waals surface area contributed by atoms with Gasteiger partial charge in [-0.2, -0.15) is 0 Å². The van der Waals surface area contributed by atoms with E-state index in [1.54, 1.807) is 5.30 Å². The summed E-state index contributed by atoms with van der Waals surface area (Å²) in [4.78, 5) is 2.49. The van der Waals surface area contributed by atoms with Gasteiger partial charge in [0.25, 0.3) is 0 Å². The van der Waals surface area contributed by atoms with Crippen LogP contribution in [0.1, 0.15) is 0 Å². The molecule has 0 atom stereocenters. The minimum absolute atomic E-state index is 1.02. The Morgan fingerprint density at radius 1 is 0.576 bits per heavy atom. The first-order valence-electron chi connectivity index (χ1n) is 11.5. The Bertz CT molecular complexity index is 1610. The summed E-state index contributed by atoms with van der Waals surface area (Å²) < 4.78 is 5.15. The van der Waals surface area contributed by atoms with Gasteiger partial charge >= 0.3 is 193 Å². The first-order chi connectivity index (χ1) is 16.4. The van der Waals surface area contributed by atoms with Gasteiger partial charge in [-0.1, -0.05) is 0 Å². The van der Waals surface area contributed by atoms with Gasteiger partial charge in [-0.3, -0.25) is 0 Å². The molecule has 1 spiro atoms. The molecule has 0 bridgehead atoms. The van der Waals surface area contributed by atoms with Crippen molar-refractivity contribution in [2.75, 3.05) is 4.90 Å². The fraction of sp³-hybridized carbons (Fsp3) is 0.0345. The van der Waals surface area contributed by atoms with Crippen molar-refractivity contribution in [3.63, 3.8) is 0 Å². The normalized spacial score (nSPS) is 16.3. The van der Waals surface area contributed by atoms with Crippen molar-refractivity contribution in [1.29, 1.82) is 0 Å². The molecule has 0 saturated heterocycles. The van der Waals surface area contributed by atoms with E-state index in [-0.39, 0.29) is 0 Å². The molecule has 5 aromatic rings. The standard InChI is InChI=1S/C29H22N3P/c1-2-10-21(11-3-1)32-26-16-8-12-22-24-14-4-6-18-30(24)20-33(28(22)26)29-23(13-9-17-27(29)32)25-15-5-7-19-31(25)33/h1-19,33H,20H2/q+2. The maximum atomic E-state index is 2.66.